The van der Waals surface area contributed by atoms with Gasteiger partial charge in [0.05, 0.1) is 6.61 Å². The van der Waals surface area contributed by atoms with Crippen LogP contribution in [0, 0.1) is 5.82 Å². The Morgan fingerprint density at radius 3 is 2.76 bits per heavy atom. The number of hydrogen-bond donors (Lipinski definition) is 1. The Bertz CT molecular complexity index is 701. The van der Waals surface area contributed by atoms with E-state index in [0.717, 1.165) is 5.56 Å². The van der Waals surface area contributed by atoms with Crippen LogP contribution < -0.4 is 10.1 Å². The molecule has 1 N–H and O–H groups in total. The number of nitrogens with one attached hydrogen (secondary N) is 1. The van der Waals surface area contributed by atoms with Crippen molar-refractivity contribution in [2.24, 2.45) is 0 Å². The lowest BCUT2D eigenvalue weighted by molar-refractivity contribution is 0.140. The Kier molecular flexibility index (Phi) is 7.50. The third-order valence-corrected chi connectivity index (χ3v) is 3.36. The smallest absolute Gasteiger partial charge is 0.407 e. The van der Waals surface area contributed by atoms with Crippen molar-refractivity contribution in [3.05, 3.63) is 71.6 Å². The summed E-state index contributed by atoms with van der Waals surface area (Å²) in [5.74, 6) is 0.320. The second kappa shape index (κ2) is 10.1. The Morgan fingerprint density at radius 2 is 2.00 bits per heavy atom. The van der Waals surface area contributed by atoms with Crippen LogP contribution in [0.25, 0.3) is 6.08 Å². The molecule has 2 rings (SSSR count). The van der Waals surface area contributed by atoms with Gasteiger partial charge in [0.15, 0.2) is 0 Å². The maximum absolute atomic E-state index is 13.3. The summed E-state index contributed by atoms with van der Waals surface area (Å²) >= 11 is 0. The average Bonchev–Trinajstić information content (AvgIpc) is 2.63. The number of rotatable bonds is 8. The number of amides is 1. The highest BCUT2D eigenvalue weighted by atomic mass is 19.1. The molecule has 0 aliphatic heterocycles. The van der Waals surface area contributed by atoms with E-state index in [9.17, 15) is 9.18 Å². The second-order valence-electron chi connectivity index (χ2n) is 5.29. The molecule has 0 heterocycles. The van der Waals surface area contributed by atoms with Gasteiger partial charge in [0.1, 0.15) is 18.2 Å². The highest BCUT2D eigenvalue weighted by Crippen LogP contribution is 2.21. The summed E-state index contributed by atoms with van der Waals surface area (Å²) in [5.41, 5.74) is 1.61. The van der Waals surface area contributed by atoms with Gasteiger partial charge in [0, 0.05) is 12.1 Å². The van der Waals surface area contributed by atoms with Gasteiger partial charge in [-0.3, -0.25) is 0 Å². The minimum absolute atomic E-state index is 0.240. The average molecular weight is 343 g/mol. The highest BCUT2D eigenvalue weighted by molar-refractivity contribution is 5.67. The van der Waals surface area contributed by atoms with Crippen LogP contribution in [0.3, 0.4) is 0 Å². The molecule has 4 nitrogen and oxygen atoms in total. The molecule has 0 saturated heterocycles. The van der Waals surface area contributed by atoms with Crippen molar-refractivity contribution in [2.75, 3.05) is 13.2 Å². The van der Waals surface area contributed by atoms with E-state index in [1.807, 2.05) is 43.3 Å². The monoisotopic (exact) mass is 343 g/mol. The largest absolute Gasteiger partial charge is 0.493 e. The standard InChI is InChI=1S/C20H22FNO3/c1-2-24-19-12-11-18(21)14-17(19)10-6-7-13-22-20(23)25-15-16-8-4-3-5-9-16/h3-6,8-12,14H,2,7,13,15H2,1H3,(H,22,23). The summed E-state index contributed by atoms with van der Waals surface area (Å²) in [5, 5.41) is 2.67. The topological polar surface area (TPSA) is 47.6 Å². The maximum atomic E-state index is 13.3. The zero-order valence-corrected chi connectivity index (χ0v) is 14.2. The first-order valence-electron chi connectivity index (χ1n) is 8.22. The lowest BCUT2D eigenvalue weighted by atomic mass is 10.1. The molecular formula is C20H22FNO3. The van der Waals surface area contributed by atoms with Gasteiger partial charge in [0.2, 0.25) is 0 Å². The Balaban J connectivity index is 1.72. The molecule has 0 aromatic heterocycles. The van der Waals surface area contributed by atoms with Crippen LogP contribution >= 0.6 is 0 Å². The molecule has 0 unspecified atom stereocenters. The van der Waals surface area contributed by atoms with Crippen molar-refractivity contribution in [1.29, 1.82) is 0 Å². The zero-order chi connectivity index (χ0) is 17.9. The molecule has 2 aromatic rings. The minimum atomic E-state index is -0.460. The van der Waals surface area contributed by atoms with Gasteiger partial charge in [-0.2, -0.15) is 0 Å². The van der Waals surface area contributed by atoms with Gasteiger partial charge in [0.25, 0.3) is 0 Å². The highest BCUT2D eigenvalue weighted by Gasteiger charge is 2.03. The van der Waals surface area contributed by atoms with Crippen LogP contribution in [0.15, 0.2) is 54.6 Å². The third kappa shape index (κ3) is 6.67. The van der Waals surface area contributed by atoms with Gasteiger partial charge < -0.3 is 14.8 Å². The second-order valence-corrected chi connectivity index (χ2v) is 5.29. The first kappa shape index (κ1) is 18.5. The molecule has 0 saturated carbocycles. The third-order valence-electron chi connectivity index (χ3n) is 3.36. The van der Waals surface area contributed by atoms with Crippen molar-refractivity contribution >= 4 is 12.2 Å². The summed E-state index contributed by atoms with van der Waals surface area (Å²) in [4.78, 5) is 11.6. The molecule has 0 bridgehead atoms. The van der Waals surface area contributed by atoms with Gasteiger partial charge >= 0.3 is 6.09 Å². The first-order chi connectivity index (χ1) is 12.2. The van der Waals surface area contributed by atoms with E-state index >= 15 is 0 Å². The quantitative estimate of drug-likeness (QED) is 0.715. The van der Waals surface area contributed by atoms with Crippen molar-refractivity contribution in [3.8, 4) is 5.75 Å². The number of alkyl carbamates (subject to hydrolysis) is 1. The lowest BCUT2D eigenvalue weighted by Gasteiger charge is -2.07. The van der Waals surface area contributed by atoms with Crippen LogP contribution in [0.4, 0.5) is 9.18 Å². The minimum Gasteiger partial charge on any atom is -0.493 e. The normalized spacial score (nSPS) is 10.6. The molecular weight excluding hydrogens is 321 g/mol. The van der Waals surface area contributed by atoms with Crippen LogP contribution in [-0.2, 0) is 11.3 Å². The molecule has 0 atom stereocenters. The fraction of sp³-hybridized carbons (Fsp3) is 0.250. The Labute approximate surface area is 147 Å². The Hall–Kier alpha value is -2.82. The number of halogens is 1. The van der Waals surface area contributed by atoms with Crippen LogP contribution in [0.5, 0.6) is 5.75 Å². The molecule has 0 aliphatic carbocycles. The van der Waals surface area contributed by atoms with E-state index in [0.29, 0.717) is 30.9 Å². The van der Waals surface area contributed by atoms with E-state index in [1.165, 1.54) is 12.1 Å². The SMILES string of the molecule is CCOc1ccc(F)cc1C=CCCNC(=O)OCc1ccccc1. The van der Waals surface area contributed by atoms with E-state index in [1.54, 1.807) is 12.1 Å². The number of carbonyl (C=O) groups is 1. The summed E-state index contributed by atoms with van der Waals surface area (Å²) in [6.45, 7) is 3.07. The predicted molar refractivity (Wildman–Crippen MR) is 95.8 cm³/mol. The van der Waals surface area contributed by atoms with Gasteiger partial charge in [-0.1, -0.05) is 42.5 Å². The zero-order valence-electron chi connectivity index (χ0n) is 14.2. The van der Waals surface area contributed by atoms with E-state index < -0.39 is 6.09 Å². The van der Waals surface area contributed by atoms with E-state index in [2.05, 4.69) is 5.32 Å². The predicted octanol–water partition coefficient (Wildman–Crippen LogP) is 4.55. The van der Waals surface area contributed by atoms with Gasteiger partial charge in [-0.15, -0.1) is 0 Å². The lowest BCUT2D eigenvalue weighted by Crippen LogP contribution is -2.24. The van der Waals surface area contributed by atoms with Crippen LogP contribution in [-0.4, -0.2) is 19.2 Å². The van der Waals surface area contributed by atoms with E-state index in [4.69, 9.17) is 9.47 Å². The van der Waals surface area contributed by atoms with Crippen molar-refractivity contribution < 1.29 is 18.7 Å². The van der Waals surface area contributed by atoms with Gasteiger partial charge in [-0.05, 0) is 37.1 Å². The van der Waals surface area contributed by atoms with Crippen molar-refractivity contribution in [1.82, 2.24) is 5.32 Å². The number of carbonyl (C=O) groups excluding carboxylic acids is 1. The summed E-state index contributed by atoms with van der Waals surface area (Å²) in [7, 11) is 0. The number of hydrogen-bond acceptors (Lipinski definition) is 3. The van der Waals surface area contributed by atoms with Crippen LogP contribution in [0.1, 0.15) is 24.5 Å². The van der Waals surface area contributed by atoms with E-state index in [-0.39, 0.29) is 12.4 Å². The molecule has 5 heteroatoms. The molecule has 25 heavy (non-hydrogen) atoms. The van der Waals surface area contributed by atoms with Crippen molar-refractivity contribution in [2.45, 2.75) is 20.0 Å². The fourth-order valence-electron chi connectivity index (χ4n) is 2.18. The molecule has 1 amide bonds. The van der Waals surface area contributed by atoms with Crippen LogP contribution in [0.2, 0.25) is 0 Å². The molecule has 0 spiro atoms. The first-order valence-corrected chi connectivity index (χ1v) is 8.22. The summed E-state index contributed by atoms with van der Waals surface area (Å²) in [6.07, 6.45) is 3.78. The number of ether oxygens (including phenoxy) is 2. The Morgan fingerprint density at radius 1 is 1.20 bits per heavy atom. The van der Waals surface area contributed by atoms with Gasteiger partial charge in [-0.25, -0.2) is 9.18 Å². The molecule has 0 fully saturated rings. The molecule has 132 valence electrons. The summed E-state index contributed by atoms with van der Waals surface area (Å²) in [6, 6.07) is 13.9. The molecule has 0 aliphatic rings. The fourth-order valence-corrected chi connectivity index (χ4v) is 2.18. The van der Waals surface area contributed by atoms with Crippen molar-refractivity contribution in [3.63, 3.8) is 0 Å². The number of benzene rings is 2. The summed E-state index contributed by atoms with van der Waals surface area (Å²) < 4.78 is 23.9. The molecule has 2 aromatic carbocycles. The maximum Gasteiger partial charge on any atom is 0.407 e. The molecule has 0 radical (unpaired) electrons.